The Hall–Kier alpha value is -1.89. The molecule has 1 aromatic heterocycles. The van der Waals surface area contributed by atoms with E-state index in [1.807, 2.05) is 4.90 Å². The second kappa shape index (κ2) is 7.79. The van der Waals surface area contributed by atoms with Gasteiger partial charge in [0.05, 0.1) is 12.2 Å². The monoisotopic (exact) mass is 349 g/mol. The SMILES string of the molecule is C[C@@H]1CCCCN1C(=O)CSc1nnc(Cc2cccc(F)c2)o1. The number of thioether (sulfide) groups is 1. The van der Waals surface area contributed by atoms with E-state index >= 15 is 0 Å². The minimum Gasteiger partial charge on any atom is -0.416 e. The van der Waals surface area contributed by atoms with Gasteiger partial charge in [0, 0.05) is 12.6 Å². The van der Waals surface area contributed by atoms with Crippen LogP contribution in [0.15, 0.2) is 33.9 Å². The highest BCUT2D eigenvalue weighted by Gasteiger charge is 2.23. The highest BCUT2D eigenvalue weighted by atomic mass is 32.2. The third-order valence-corrected chi connectivity index (χ3v) is 4.94. The van der Waals surface area contributed by atoms with Crippen LogP contribution in [0.3, 0.4) is 0 Å². The molecule has 2 heterocycles. The number of hydrogen-bond acceptors (Lipinski definition) is 5. The van der Waals surface area contributed by atoms with E-state index in [2.05, 4.69) is 17.1 Å². The molecule has 0 spiro atoms. The average Bonchev–Trinajstić information content (AvgIpc) is 3.00. The first kappa shape index (κ1) is 17.0. The molecule has 1 aliphatic rings. The van der Waals surface area contributed by atoms with Crippen LogP contribution in [0.5, 0.6) is 0 Å². The lowest BCUT2D eigenvalue weighted by Crippen LogP contribution is -2.42. The molecule has 1 fully saturated rings. The van der Waals surface area contributed by atoms with E-state index in [0.29, 0.717) is 29.3 Å². The van der Waals surface area contributed by atoms with Gasteiger partial charge in [0.25, 0.3) is 5.22 Å². The van der Waals surface area contributed by atoms with Crippen molar-refractivity contribution in [2.45, 2.75) is 43.9 Å². The van der Waals surface area contributed by atoms with Crippen molar-refractivity contribution in [3.63, 3.8) is 0 Å². The maximum Gasteiger partial charge on any atom is 0.277 e. The Bertz CT molecular complexity index is 707. The molecule has 1 aliphatic heterocycles. The average molecular weight is 349 g/mol. The maximum absolute atomic E-state index is 13.2. The zero-order chi connectivity index (χ0) is 16.9. The van der Waals surface area contributed by atoms with E-state index in [0.717, 1.165) is 24.9 Å². The minimum atomic E-state index is -0.289. The van der Waals surface area contributed by atoms with E-state index in [1.165, 1.54) is 30.3 Å². The normalized spacial score (nSPS) is 17.9. The summed E-state index contributed by atoms with van der Waals surface area (Å²) in [5, 5.41) is 8.29. The van der Waals surface area contributed by atoms with E-state index in [4.69, 9.17) is 4.42 Å². The lowest BCUT2D eigenvalue weighted by atomic mass is 10.0. The second-order valence-corrected chi connectivity index (χ2v) is 6.92. The van der Waals surface area contributed by atoms with Gasteiger partial charge in [-0.25, -0.2) is 4.39 Å². The molecule has 1 saturated heterocycles. The number of piperidine rings is 1. The summed E-state index contributed by atoms with van der Waals surface area (Å²) in [6.07, 6.45) is 3.70. The van der Waals surface area contributed by atoms with Crippen molar-refractivity contribution < 1.29 is 13.6 Å². The smallest absolute Gasteiger partial charge is 0.277 e. The highest BCUT2D eigenvalue weighted by Crippen LogP contribution is 2.21. The summed E-state index contributed by atoms with van der Waals surface area (Å²) in [5.74, 6) is 0.535. The van der Waals surface area contributed by atoms with Gasteiger partial charge in [0.1, 0.15) is 5.82 Å². The van der Waals surface area contributed by atoms with Gasteiger partial charge in [-0.2, -0.15) is 0 Å². The fraction of sp³-hybridized carbons (Fsp3) is 0.471. The van der Waals surface area contributed by atoms with Crippen molar-refractivity contribution in [3.05, 3.63) is 41.5 Å². The number of amides is 1. The maximum atomic E-state index is 13.2. The standard InChI is InChI=1S/C17H20FN3O2S/c1-12-5-2-3-8-21(12)16(22)11-24-17-20-19-15(23-17)10-13-6-4-7-14(18)9-13/h4,6-7,9,12H,2-3,5,8,10-11H2,1H3/t12-/m1/s1. The summed E-state index contributed by atoms with van der Waals surface area (Å²) < 4.78 is 18.7. The van der Waals surface area contributed by atoms with Crippen LogP contribution in [-0.2, 0) is 11.2 Å². The topological polar surface area (TPSA) is 59.2 Å². The molecule has 5 nitrogen and oxygen atoms in total. The lowest BCUT2D eigenvalue weighted by Gasteiger charge is -2.33. The van der Waals surface area contributed by atoms with Gasteiger partial charge in [-0.05, 0) is 43.9 Å². The first-order valence-electron chi connectivity index (χ1n) is 8.11. The molecule has 1 amide bonds. The van der Waals surface area contributed by atoms with Crippen molar-refractivity contribution >= 4 is 17.7 Å². The Labute approximate surface area is 144 Å². The van der Waals surface area contributed by atoms with Gasteiger partial charge in [0.2, 0.25) is 11.8 Å². The zero-order valence-electron chi connectivity index (χ0n) is 13.6. The molecule has 0 unspecified atom stereocenters. The van der Waals surface area contributed by atoms with Gasteiger partial charge in [-0.1, -0.05) is 23.9 Å². The molecular weight excluding hydrogens is 329 g/mol. The Morgan fingerprint density at radius 3 is 3.08 bits per heavy atom. The van der Waals surface area contributed by atoms with Crippen LogP contribution in [0.25, 0.3) is 0 Å². The molecule has 0 saturated carbocycles. The summed E-state index contributed by atoms with van der Waals surface area (Å²) in [6.45, 7) is 2.92. The third kappa shape index (κ3) is 4.35. The van der Waals surface area contributed by atoms with Gasteiger partial charge >= 0.3 is 0 Å². The van der Waals surface area contributed by atoms with Gasteiger partial charge in [-0.15, -0.1) is 10.2 Å². The molecule has 1 atom stereocenters. The largest absolute Gasteiger partial charge is 0.416 e. The third-order valence-electron chi connectivity index (χ3n) is 4.14. The van der Waals surface area contributed by atoms with Crippen LogP contribution >= 0.6 is 11.8 Å². The number of halogens is 1. The zero-order valence-corrected chi connectivity index (χ0v) is 14.4. The molecule has 3 rings (SSSR count). The fourth-order valence-electron chi connectivity index (χ4n) is 2.86. The molecule has 24 heavy (non-hydrogen) atoms. The summed E-state index contributed by atoms with van der Waals surface area (Å²) in [4.78, 5) is 14.2. The van der Waals surface area contributed by atoms with Crippen molar-refractivity contribution in [3.8, 4) is 0 Å². The minimum absolute atomic E-state index is 0.108. The summed E-state index contributed by atoms with van der Waals surface area (Å²) in [7, 11) is 0. The Morgan fingerprint density at radius 2 is 2.29 bits per heavy atom. The molecule has 1 aromatic carbocycles. The van der Waals surface area contributed by atoms with Crippen LogP contribution < -0.4 is 0 Å². The van der Waals surface area contributed by atoms with Crippen LogP contribution in [0, 0.1) is 5.82 Å². The van der Waals surface area contributed by atoms with E-state index in [-0.39, 0.29) is 11.7 Å². The molecule has 0 radical (unpaired) electrons. The van der Waals surface area contributed by atoms with E-state index < -0.39 is 0 Å². The number of aromatic nitrogens is 2. The first-order valence-corrected chi connectivity index (χ1v) is 9.09. The number of carbonyl (C=O) groups is 1. The van der Waals surface area contributed by atoms with Crippen LogP contribution in [0.2, 0.25) is 0 Å². The lowest BCUT2D eigenvalue weighted by molar-refractivity contribution is -0.131. The Morgan fingerprint density at radius 1 is 1.42 bits per heavy atom. The number of hydrogen-bond donors (Lipinski definition) is 0. The molecular formula is C17H20FN3O2S. The number of nitrogens with zero attached hydrogens (tertiary/aromatic N) is 3. The highest BCUT2D eigenvalue weighted by molar-refractivity contribution is 7.99. The van der Waals surface area contributed by atoms with Crippen molar-refractivity contribution in [2.75, 3.05) is 12.3 Å². The Kier molecular flexibility index (Phi) is 5.50. The summed E-state index contributed by atoms with van der Waals surface area (Å²) in [6, 6.07) is 6.60. The summed E-state index contributed by atoms with van der Waals surface area (Å²) >= 11 is 1.25. The van der Waals surface area contributed by atoms with E-state index in [1.54, 1.807) is 12.1 Å². The predicted molar refractivity (Wildman–Crippen MR) is 89.3 cm³/mol. The number of rotatable bonds is 5. The molecule has 2 aromatic rings. The van der Waals surface area contributed by atoms with Crippen molar-refractivity contribution in [1.82, 2.24) is 15.1 Å². The number of carbonyl (C=O) groups excluding carboxylic acids is 1. The molecule has 0 N–H and O–H groups in total. The second-order valence-electron chi connectivity index (χ2n) is 5.99. The van der Waals surface area contributed by atoms with Crippen molar-refractivity contribution in [1.29, 1.82) is 0 Å². The van der Waals surface area contributed by atoms with Gasteiger partial charge in [-0.3, -0.25) is 4.79 Å². The van der Waals surface area contributed by atoms with Gasteiger partial charge < -0.3 is 9.32 Å². The van der Waals surface area contributed by atoms with Crippen LogP contribution in [0.4, 0.5) is 4.39 Å². The fourth-order valence-corrected chi connectivity index (χ4v) is 3.53. The predicted octanol–water partition coefficient (Wildman–Crippen LogP) is 3.29. The molecule has 0 bridgehead atoms. The Balaban J connectivity index is 1.53. The van der Waals surface area contributed by atoms with Crippen LogP contribution in [0.1, 0.15) is 37.6 Å². The first-order chi connectivity index (χ1) is 11.6. The van der Waals surface area contributed by atoms with Gasteiger partial charge in [0.15, 0.2) is 0 Å². The molecule has 128 valence electrons. The number of likely N-dealkylation sites (tertiary alicyclic amines) is 1. The number of benzene rings is 1. The molecule has 0 aliphatic carbocycles. The summed E-state index contributed by atoms with van der Waals surface area (Å²) in [5.41, 5.74) is 0.772. The quantitative estimate of drug-likeness (QED) is 0.775. The van der Waals surface area contributed by atoms with Crippen LogP contribution in [-0.4, -0.2) is 39.3 Å². The molecule has 7 heteroatoms. The van der Waals surface area contributed by atoms with E-state index in [9.17, 15) is 9.18 Å². The van der Waals surface area contributed by atoms with Crippen molar-refractivity contribution in [2.24, 2.45) is 0 Å².